The van der Waals surface area contributed by atoms with Crippen molar-refractivity contribution in [2.75, 3.05) is 0 Å². The van der Waals surface area contributed by atoms with Crippen LogP contribution in [0.25, 0.3) is 0 Å². The van der Waals surface area contributed by atoms with Crippen LogP contribution in [0, 0.1) is 11.8 Å². The Bertz CT molecular complexity index is 651. The number of hydrogen-bond acceptors (Lipinski definition) is 6. The molecule has 26 heavy (non-hydrogen) atoms. The third-order valence-corrected chi connectivity index (χ3v) is 6.03. The number of epoxide rings is 1. The number of esters is 2. The molecule has 0 aromatic carbocycles. The van der Waals surface area contributed by atoms with Crippen LogP contribution in [-0.2, 0) is 23.8 Å². The summed E-state index contributed by atoms with van der Waals surface area (Å²) in [7, 11) is 0. The van der Waals surface area contributed by atoms with E-state index in [1.807, 2.05) is 13.8 Å². The van der Waals surface area contributed by atoms with Gasteiger partial charge >= 0.3 is 11.9 Å². The highest BCUT2D eigenvalue weighted by Gasteiger charge is 2.61. The fourth-order valence-corrected chi connectivity index (χ4v) is 3.77. The summed E-state index contributed by atoms with van der Waals surface area (Å²) in [5.41, 5.74) is 1.06. The summed E-state index contributed by atoms with van der Waals surface area (Å²) in [6.45, 7) is 11.1. The molecule has 0 amide bonds. The van der Waals surface area contributed by atoms with Crippen molar-refractivity contribution in [1.29, 1.82) is 0 Å². The summed E-state index contributed by atoms with van der Waals surface area (Å²) in [6, 6.07) is 0. The molecule has 6 heteroatoms. The van der Waals surface area contributed by atoms with E-state index in [-0.39, 0.29) is 23.7 Å². The monoisotopic (exact) mass is 364 g/mol. The van der Waals surface area contributed by atoms with E-state index >= 15 is 0 Å². The van der Waals surface area contributed by atoms with Crippen molar-refractivity contribution in [2.24, 2.45) is 11.8 Å². The Balaban J connectivity index is 1.84. The molecule has 3 rings (SSSR count). The zero-order chi connectivity index (χ0) is 19.2. The fraction of sp³-hybridized carbons (Fsp3) is 0.700. The first-order valence-corrected chi connectivity index (χ1v) is 9.27. The van der Waals surface area contributed by atoms with Gasteiger partial charge in [-0.15, -0.1) is 0 Å². The van der Waals surface area contributed by atoms with E-state index in [4.69, 9.17) is 14.2 Å². The van der Waals surface area contributed by atoms with Crippen LogP contribution in [0.4, 0.5) is 0 Å². The molecule has 144 valence electrons. The maximum atomic E-state index is 12.4. The van der Waals surface area contributed by atoms with Gasteiger partial charge in [0, 0.05) is 11.5 Å². The molecule has 0 aromatic heterocycles. The maximum Gasteiger partial charge on any atom is 0.334 e. The van der Waals surface area contributed by atoms with Gasteiger partial charge in [-0.25, -0.2) is 4.79 Å². The molecule has 0 spiro atoms. The average Bonchev–Trinajstić information content (AvgIpc) is 3.17. The standard InChI is InChI=1S/C20H28O6/c1-10-7-6-8-20(5)17(26-20)16-14(12(3)19(23)25-16)9-15(10)24-18(22)11(2)13(4)21/h7,11,13-17,21H,3,6,8-9H2,1-2,4-5H3/b10-7+/t11?,13?,14-,15-,16-,17+,20+/m0/s1. The highest BCUT2D eigenvalue weighted by Crippen LogP contribution is 2.50. The van der Waals surface area contributed by atoms with Gasteiger partial charge in [-0.05, 0) is 52.5 Å². The number of carbonyl (C=O) groups excluding carboxylic acids is 2. The van der Waals surface area contributed by atoms with Gasteiger partial charge in [-0.1, -0.05) is 12.7 Å². The molecule has 2 heterocycles. The van der Waals surface area contributed by atoms with Crippen molar-refractivity contribution < 1.29 is 28.9 Å². The van der Waals surface area contributed by atoms with E-state index in [0.717, 1.165) is 18.4 Å². The van der Waals surface area contributed by atoms with Crippen LogP contribution in [0.15, 0.2) is 23.8 Å². The molecule has 1 N–H and O–H groups in total. The van der Waals surface area contributed by atoms with Gasteiger partial charge in [0.05, 0.1) is 17.6 Å². The lowest BCUT2D eigenvalue weighted by atomic mass is 9.83. The van der Waals surface area contributed by atoms with E-state index in [0.29, 0.717) is 12.0 Å². The van der Waals surface area contributed by atoms with Crippen molar-refractivity contribution in [3.05, 3.63) is 23.8 Å². The summed E-state index contributed by atoms with van der Waals surface area (Å²) in [6.07, 6.45) is 2.30. The fourth-order valence-electron chi connectivity index (χ4n) is 3.77. The third-order valence-electron chi connectivity index (χ3n) is 6.03. The van der Waals surface area contributed by atoms with Gasteiger partial charge in [0.2, 0.25) is 0 Å². The van der Waals surface area contributed by atoms with Crippen LogP contribution in [-0.4, -0.2) is 47.1 Å². The molecule has 6 nitrogen and oxygen atoms in total. The molecule has 2 unspecified atom stereocenters. The Hall–Kier alpha value is -1.66. The van der Waals surface area contributed by atoms with Crippen LogP contribution in [0.3, 0.4) is 0 Å². The second-order valence-corrected chi connectivity index (χ2v) is 8.03. The number of hydrogen-bond donors (Lipinski definition) is 1. The van der Waals surface area contributed by atoms with Crippen molar-refractivity contribution >= 4 is 11.9 Å². The number of carbonyl (C=O) groups is 2. The van der Waals surface area contributed by atoms with Crippen LogP contribution in [0.2, 0.25) is 0 Å². The van der Waals surface area contributed by atoms with Crippen molar-refractivity contribution in [1.82, 2.24) is 0 Å². The second kappa shape index (κ2) is 6.82. The van der Waals surface area contributed by atoms with Gasteiger partial charge in [0.25, 0.3) is 0 Å². The Morgan fingerprint density at radius 1 is 1.46 bits per heavy atom. The van der Waals surface area contributed by atoms with Crippen molar-refractivity contribution in [3.8, 4) is 0 Å². The van der Waals surface area contributed by atoms with E-state index < -0.39 is 30.1 Å². The highest BCUT2D eigenvalue weighted by atomic mass is 16.6. The first-order valence-electron chi connectivity index (χ1n) is 9.27. The Kier molecular flexibility index (Phi) is 5.01. The predicted molar refractivity (Wildman–Crippen MR) is 94.1 cm³/mol. The molecule has 3 aliphatic rings. The minimum atomic E-state index is -0.786. The number of allylic oxidation sites excluding steroid dienone is 1. The average molecular weight is 364 g/mol. The van der Waals surface area contributed by atoms with Gasteiger partial charge in [0.1, 0.15) is 18.3 Å². The first kappa shape index (κ1) is 19.1. The van der Waals surface area contributed by atoms with E-state index in [9.17, 15) is 14.7 Å². The Morgan fingerprint density at radius 3 is 2.81 bits per heavy atom. The number of aliphatic hydroxyl groups is 1. The zero-order valence-corrected chi connectivity index (χ0v) is 15.9. The van der Waals surface area contributed by atoms with Crippen LogP contribution < -0.4 is 0 Å². The highest BCUT2D eigenvalue weighted by molar-refractivity contribution is 5.91. The third kappa shape index (κ3) is 3.45. The Labute approximate surface area is 154 Å². The Morgan fingerprint density at radius 2 is 2.15 bits per heavy atom. The van der Waals surface area contributed by atoms with Gasteiger partial charge in [-0.3, -0.25) is 4.79 Å². The van der Waals surface area contributed by atoms with Crippen LogP contribution in [0.5, 0.6) is 0 Å². The minimum absolute atomic E-state index is 0.143. The molecule has 0 radical (unpaired) electrons. The lowest BCUT2D eigenvalue weighted by Gasteiger charge is -2.27. The van der Waals surface area contributed by atoms with E-state index in [1.54, 1.807) is 13.8 Å². The largest absolute Gasteiger partial charge is 0.458 e. The molecular weight excluding hydrogens is 336 g/mol. The predicted octanol–water partition coefficient (Wildman–Crippen LogP) is 2.30. The van der Waals surface area contributed by atoms with E-state index in [2.05, 4.69) is 12.7 Å². The normalized spacial score (nSPS) is 41.0. The molecule has 2 aliphatic heterocycles. The molecule has 1 aliphatic carbocycles. The summed E-state index contributed by atoms with van der Waals surface area (Å²) in [4.78, 5) is 24.4. The lowest BCUT2D eigenvalue weighted by molar-refractivity contribution is -0.156. The van der Waals surface area contributed by atoms with Crippen molar-refractivity contribution in [2.45, 2.75) is 77.0 Å². The smallest absolute Gasteiger partial charge is 0.334 e. The number of aliphatic hydroxyl groups excluding tert-OH is 1. The van der Waals surface area contributed by atoms with Crippen LogP contribution in [0.1, 0.15) is 47.0 Å². The molecule has 2 fully saturated rings. The summed E-state index contributed by atoms with van der Waals surface area (Å²) in [5.74, 6) is -1.72. The molecule has 0 bridgehead atoms. The van der Waals surface area contributed by atoms with Gasteiger partial charge in [0.15, 0.2) is 0 Å². The number of fused-ring (bicyclic) bond motifs is 3. The van der Waals surface area contributed by atoms with Gasteiger partial charge in [-0.2, -0.15) is 0 Å². The number of rotatable bonds is 3. The van der Waals surface area contributed by atoms with Crippen molar-refractivity contribution in [3.63, 3.8) is 0 Å². The lowest BCUT2D eigenvalue weighted by Crippen LogP contribution is -2.35. The summed E-state index contributed by atoms with van der Waals surface area (Å²) < 4.78 is 17.1. The molecule has 0 saturated carbocycles. The topological polar surface area (TPSA) is 85.4 Å². The zero-order valence-electron chi connectivity index (χ0n) is 15.9. The molecule has 7 atom stereocenters. The summed E-state index contributed by atoms with van der Waals surface area (Å²) >= 11 is 0. The van der Waals surface area contributed by atoms with Gasteiger partial charge < -0.3 is 19.3 Å². The molecule has 0 aromatic rings. The first-order chi connectivity index (χ1) is 12.1. The molecule has 2 saturated heterocycles. The SMILES string of the molecule is C=C1C(=O)O[C@@H]2[C@H]3O[C@]3(C)CC/C=C(\C)[C@@H](OC(=O)C(C)C(C)O)C[C@@H]12. The molecular formula is C20H28O6. The minimum Gasteiger partial charge on any atom is -0.458 e. The summed E-state index contributed by atoms with van der Waals surface area (Å²) in [5, 5.41) is 9.65. The van der Waals surface area contributed by atoms with Crippen LogP contribution >= 0.6 is 0 Å². The maximum absolute atomic E-state index is 12.4. The second-order valence-electron chi connectivity index (χ2n) is 8.03. The quantitative estimate of drug-likeness (QED) is 0.358. The van der Waals surface area contributed by atoms with E-state index in [1.165, 1.54) is 0 Å². The number of ether oxygens (including phenoxy) is 3.